The van der Waals surface area contributed by atoms with Crippen LogP contribution in [-0.2, 0) is 0 Å². The summed E-state index contributed by atoms with van der Waals surface area (Å²) in [6, 6.07) is 12.1. The lowest BCUT2D eigenvalue weighted by Gasteiger charge is -1.96. The zero-order chi connectivity index (χ0) is 13.5. The van der Waals surface area contributed by atoms with E-state index in [1.54, 1.807) is 13.1 Å². The summed E-state index contributed by atoms with van der Waals surface area (Å²) in [5, 5.41) is 7.17. The van der Waals surface area contributed by atoms with E-state index in [9.17, 15) is 0 Å². The second-order valence-electron chi connectivity index (χ2n) is 4.51. The molecule has 2 heteroatoms. The number of nitrogens with one attached hydrogen (secondary N) is 1. The Labute approximate surface area is 109 Å². The molecule has 0 fully saturated rings. The molecule has 1 aromatic heterocycles. The number of aromatic nitrogens is 1. The number of rotatable bonds is 1. The van der Waals surface area contributed by atoms with Crippen molar-refractivity contribution in [3.8, 4) is 0 Å². The van der Waals surface area contributed by atoms with Crippen molar-refractivity contribution in [2.75, 3.05) is 0 Å². The Morgan fingerprint density at radius 3 is 1.72 bits per heavy atom. The summed E-state index contributed by atoms with van der Waals surface area (Å²) >= 11 is 0. The first-order chi connectivity index (χ1) is 8.49. The summed E-state index contributed by atoms with van der Waals surface area (Å²) < 4.78 is 0. The standard InChI is InChI=1S/C9H12.C7H8N2/c1-7-4-8(2)6-9(3)5-7;1-6(8)7-4-2-3-5-9-7/h4-6H,1-3H3;2-5,8H,1H3. The maximum absolute atomic E-state index is 7.17. The summed E-state index contributed by atoms with van der Waals surface area (Å²) in [6.07, 6.45) is 1.69. The minimum absolute atomic E-state index is 0.510. The largest absolute Gasteiger partial charge is 0.303 e. The van der Waals surface area contributed by atoms with Crippen molar-refractivity contribution in [1.29, 1.82) is 5.41 Å². The fourth-order valence-electron chi connectivity index (χ4n) is 1.79. The average Bonchev–Trinajstić information content (AvgIpc) is 2.29. The topological polar surface area (TPSA) is 36.7 Å². The smallest absolute Gasteiger partial charge is 0.0834 e. The van der Waals surface area contributed by atoms with E-state index in [1.807, 2.05) is 18.2 Å². The summed E-state index contributed by atoms with van der Waals surface area (Å²) in [6.45, 7) is 8.10. The number of aryl methyl sites for hydroxylation is 3. The molecule has 94 valence electrons. The Bertz CT molecular complexity index is 465. The third-order valence-electron chi connectivity index (χ3n) is 2.42. The molecule has 0 unspecified atom stereocenters. The third kappa shape index (κ3) is 4.91. The molecule has 0 aliphatic carbocycles. The van der Waals surface area contributed by atoms with Crippen LogP contribution in [0.5, 0.6) is 0 Å². The molecule has 0 saturated heterocycles. The van der Waals surface area contributed by atoms with Gasteiger partial charge in [0.2, 0.25) is 0 Å². The van der Waals surface area contributed by atoms with Crippen molar-refractivity contribution in [3.05, 3.63) is 65.0 Å². The van der Waals surface area contributed by atoms with E-state index >= 15 is 0 Å². The van der Waals surface area contributed by atoms with Crippen LogP contribution in [0.3, 0.4) is 0 Å². The summed E-state index contributed by atoms with van der Waals surface area (Å²) in [4.78, 5) is 3.95. The van der Waals surface area contributed by atoms with Gasteiger partial charge in [0.15, 0.2) is 0 Å². The van der Waals surface area contributed by atoms with E-state index in [2.05, 4.69) is 44.0 Å². The minimum Gasteiger partial charge on any atom is -0.303 e. The van der Waals surface area contributed by atoms with Crippen LogP contribution in [0.4, 0.5) is 0 Å². The van der Waals surface area contributed by atoms with E-state index in [0.717, 1.165) is 5.69 Å². The van der Waals surface area contributed by atoms with Crippen molar-refractivity contribution < 1.29 is 0 Å². The molecule has 1 aromatic carbocycles. The van der Waals surface area contributed by atoms with Gasteiger partial charge < -0.3 is 5.41 Å². The normalized spacial score (nSPS) is 9.33. The van der Waals surface area contributed by atoms with Crippen molar-refractivity contribution in [1.82, 2.24) is 4.98 Å². The van der Waals surface area contributed by atoms with Crippen LogP contribution in [-0.4, -0.2) is 10.7 Å². The number of nitrogens with zero attached hydrogens (tertiary/aromatic N) is 1. The van der Waals surface area contributed by atoms with Gasteiger partial charge in [-0.1, -0.05) is 41.0 Å². The van der Waals surface area contributed by atoms with Crippen molar-refractivity contribution in [3.63, 3.8) is 0 Å². The molecule has 2 rings (SSSR count). The molecule has 0 radical (unpaired) electrons. The van der Waals surface area contributed by atoms with Gasteiger partial charge in [-0.25, -0.2) is 0 Å². The van der Waals surface area contributed by atoms with E-state index in [0.29, 0.717) is 5.71 Å². The van der Waals surface area contributed by atoms with Gasteiger partial charge >= 0.3 is 0 Å². The van der Waals surface area contributed by atoms with E-state index in [4.69, 9.17) is 5.41 Å². The van der Waals surface area contributed by atoms with Crippen LogP contribution in [0.15, 0.2) is 42.6 Å². The zero-order valence-electron chi connectivity index (χ0n) is 11.5. The summed E-state index contributed by atoms with van der Waals surface area (Å²) in [7, 11) is 0. The highest BCUT2D eigenvalue weighted by atomic mass is 14.7. The lowest BCUT2D eigenvalue weighted by Crippen LogP contribution is -1.93. The molecule has 18 heavy (non-hydrogen) atoms. The monoisotopic (exact) mass is 240 g/mol. The van der Waals surface area contributed by atoms with Crippen LogP contribution < -0.4 is 0 Å². The van der Waals surface area contributed by atoms with Gasteiger partial charge in [0.1, 0.15) is 0 Å². The van der Waals surface area contributed by atoms with Crippen LogP contribution in [0.2, 0.25) is 0 Å². The highest BCUT2D eigenvalue weighted by molar-refractivity contribution is 5.94. The molecule has 0 aliphatic heterocycles. The molecule has 0 amide bonds. The van der Waals surface area contributed by atoms with Crippen LogP contribution in [0.25, 0.3) is 0 Å². The Balaban J connectivity index is 0.000000180. The Hall–Kier alpha value is -1.96. The number of hydrogen-bond acceptors (Lipinski definition) is 2. The Kier molecular flexibility index (Phi) is 5.25. The average molecular weight is 240 g/mol. The first-order valence-electron chi connectivity index (χ1n) is 6.00. The van der Waals surface area contributed by atoms with Gasteiger partial charge in [0.25, 0.3) is 0 Å². The maximum Gasteiger partial charge on any atom is 0.0834 e. The van der Waals surface area contributed by atoms with Gasteiger partial charge in [0.05, 0.1) is 11.4 Å². The molecule has 0 atom stereocenters. The lowest BCUT2D eigenvalue weighted by atomic mass is 10.1. The van der Waals surface area contributed by atoms with Crippen molar-refractivity contribution in [2.24, 2.45) is 0 Å². The molecule has 1 heterocycles. The van der Waals surface area contributed by atoms with Crippen molar-refractivity contribution in [2.45, 2.75) is 27.7 Å². The quantitative estimate of drug-likeness (QED) is 0.749. The summed E-state index contributed by atoms with van der Waals surface area (Å²) in [5.41, 5.74) is 5.32. The third-order valence-corrected chi connectivity index (χ3v) is 2.42. The molecular weight excluding hydrogens is 220 g/mol. The summed E-state index contributed by atoms with van der Waals surface area (Å²) in [5.74, 6) is 0. The van der Waals surface area contributed by atoms with Crippen LogP contribution >= 0.6 is 0 Å². The molecule has 2 aromatic rings. The second-order valence-corrected chi connectivity index (χ2v) is 4.51. The van der Waals surface area contributed by atoms with Crippen LogP contribution in [0, 0.1) is 26.2 Å². The molecule has 1 N–H and O–H groups in total. The van der Waals surface area contributed by atoms with Gasteiger partial charge in [0, 0.05) is 6.20 Å². The SMILES string of the molecule is CC(=N)c1ccccn1.Cc1cc(C)cc(C)c1. The molecule has 0 bridgehead atoms. The van der Waals surface area contributed by atoms with Gasteiger partial charge in [-0.15, -0.1) is 0 Å². The predicted octanol–water partition coefficient (Wildman–Crippen LogP) is 4.08. The molecular formula is C16H20N2. The Morgan fingerprint density at radius 2 is 1.44 bits per heavy atom. The fraction of sp³-hybridized carbons (Fsp3) is 0.250. The van der Waals surface area contributed by atoms with E-state index < -0.39 is 0 Å². The van der Waals surface area contributed by atoms with Gasteiger partial charge in [-0.05, 0) is 39.8 Å². The highest BCUT2D eigenvalue weighted by Crippen LogP contribution is 2.06. The molecule has 0 spiro atoms. The number of hydrogen-bond donors (Lipinski definition) is 1. The van der Waals surface area contributed by atoms with Crippen molar-refractivity contribution >= 4 is 5.71 Å². The number of pyridine rings is 1. The highest BCUT2D eigenvalue weighted by Gasteiger charge is 1.90. The first kappa shape index (κ1) is 14.1. The van der Waals surface area contributed by atoms with Crippen LogP contribution in [0.1, 0.15) is 29.3 Å². The number of benzene rings is 1. The van der Waals surface area contributed by atoms with E-state index in [1.165, 1.54) is 16.7 Å². The van der Waals surface area contributed by atoms with Gasteiger partial charge in [-0.3, -0.25) is 4.98 Å². The molecule has 2 nitrogen and oxygen atoms in total. The maximum atomic E-state index is 7.17. The molecule has 0 aliphatic rings. The van der Waals surface area contributed by atoms with E-state index in [-0.39, 0.29) is 0 Å². The predicted molar refractivity (Wildman–Crippen MR) is 77.4 cm³/mol. The fourth-order valence-corrected chi connectivity index (χ4v) is 1.79. The second kappa shape index (κ2) is 6.70. The Morgan fingerprint density at radius 1 is 0.944 bits per heavy atom. The first-order valence-corrected chi connectivity index (χ1v) is 6.00. The van der Waals surface area contributed by atoms with Gasteiger partial charge in [-0.2, -0.15) is 0 Å². The lowest BCUT2D eigenvalue weighted by molar-refractivity contribution is 1.27. The zero-order valence-corrected chi connectivity index (χ0v) is 11.5. The molecule has 0 saturated carbocycles. The minimum atomic E-state index is 0.510.